The van der Waals surface area contributed by atoms with E-state index in [1.807, 2.05) is 0 Å². The lowest BCUT2D eigenvalue weighted by molar-refractivity contribution is -0.274. The predicted molar refractivity (Wildman–Crippen MR) is 86.6 cm³/mol. The molecule has 3 amide bonds. The predicted octanol–water partition coefficient (Wildman–Crippen LogP) is 2.44. The second kappa shape index (κ2) is 7.23. The number of anilines is 1. The van der Waals surface area contributed by atoms with Crippen LogP contribution in [0.2, 0.25) is 0 Å². The Morgan fingerprint density at radius 2 is 1.85 bits per heavy atom. The van der Waals surface area contributed by atoms with Crippen molar-refractivity contribution in [1.82, 2.24) is 9.88 Å². The number of carbonyl (C=O) groups is 2. The average molecular weight is 381 g/mol. The summed E-state index contributed by atoms with van der Waals surface area (Å²) < 4.78 is 40.4. The number of rotatable bonds is 5. The molecule has 142 valence electrons. The van der Waals surface area contributed by atoms with Gasteiger partial charge in [-0.05, 0) is 42.0 Å². The molecule has 1 fully saturated rings. The topological polar surface area (TPSA) is 83.0 Å². The van der Waals surface area contributed by atoms with Crippen molar-refractivity contribution in [2.24, 2.45) is 0 Å². The molecule has 0 atom stereocenters. The fraction of sp³-hybridized carbons (Fsp3) is 0.235. The van der Waals surface area contributed by atoms with E-state index in [0.717, 1.165) is 17.0 Å². The largest absolute Gasteiger partial charge is 0.573 e. The summed E-state index contributed by atoms with van der Waals surface area (Å²) in [5, 5.41) is 9.11. The van der Waals surface area contributed by atoms with Gasteiger partial charge in [-0.2, -0.15) is 0 Å². The van der Waals surface area contributed by atoms with Crippen molar-refractivity contribution in [1.29, 1.82) is 0 Å². The number of hydrogen-bond acceptors (Lipinski definition) is 5. The number of amides is 3. The fourth-order valence-electron chi connectivity index (χ4n) is 2.66. The van der Waals surface area contributed by atoms with Gasteiger partial charge in [0.25, 0.3) is 5.91 Å². The molecule has 0 bridgehead atoms. The molecule has 1 aromatic heterocycles. The molecule has 1 aliphatic heterocycles. The van der Waals surface area contributed by atoms with E-state index in [1.165, 1.54) is 23.2 Å². The van der Waals surface area contributed by atoms with Crippen LogP contribution in [-0.4, -0.2) is 39.8 Å². The highest BCUT2D eigenvalue weighted by molar-refractivity contribution is 6.19. The molecule has 0 unspecified atom stereocenters. The molecular formula is C17H14F3N3O4. The van der Waals surface area contributed by atoms with Crippen molar-refractivity contribution >= 4 is 17.6 Å². The number of carbonyl (C=O) groups excluding carboxylic acids is 2. The zero-order valence-electron chi connectivity index (χ0n) is 13.8. The van der Waals surface area contributed by atoms with Gasteiger partial charge in [-0.3, -0.25) is 9.78 Å². The van der Waals surface area contributed by atoms with E-state index in [4.69, 9.17) is 5.11 Å². The Balaban J connectivity index is 1.74. The van der Waals surface area contributed by atoms with Gasteiger partial charge in [0.2, 0.25) is 0 Å². The first kappa shape index (κ1) is 18.6. The van der Waals surface area contributed by atoms with Crippen molar-refractivity contribution in [3.05, 3.63) is 53.9 Å². The number of aromatic nitrogens is 1. The number of urea groups is 1. The van der Waals surface area contributed by atoms with Crippen LogP contribution in [0.4, 0.5) is 23.7 Å². The Morgan fingerprint density at radius 1 is 1.15 bits per heavy atom. The third-order valence-electron chi connectivity index (χ3n) is 3.78. The fourth-order valence-corrected chi connectivity index (χ4v) is 2.66. The molecule has 3 rings (SSSR count). The summed E-state index contributed by atoms with van der Waals surface area (Å²) in [6.07, 6.45) is -3.34. The number of imide groups is 1. The minimum atomic E-state index is -4.82. The highest BCUT2D eigenvalue weighted by Gasteiger charge is 2.37. The maximum Gasteiger partial charge on any atom is 0.573 e. The average Bonchev–Trinajstić information content (AvgIpc) is 2.88. The van der Waals surface area contributed by atoms with Crippen molar-refractivity contribution in [3.8, 4) is 5.75 Å². The molecule has 1 aliphatic rings. The van der Waals surface area contributed by atoms with Crippen LogP contribution >= 0.6 is 0 Å². The van der Waals surface area contributed by atoms with E-state index in [2.05, 4.69) is 9.72 Å². The maximum atomic E-state index is 12.5. The third kappa shape index (κ3) is 4.34. The summed E-state index contributed by atoms with van der Waals surface area (Å²) in [4.78, 5) is 30.9. The number of ether oxygens (including phenoxy) is 1. The first-order valence-corrected chi connectivity index (χ1v) is 7.79. The van der Waals surface area contributed by atoms with E-state index >= 15 is 0 Å². The van der Waals surface area contributed by atoms with E-state index < -0.39 is 24.1 Å². The number of aliphatic hydroxyl groups excluding tert-OH is 1. The van der Waals surface area contributed by atoms with Gasteiger partial charge in [-0.25, -0.2) is 9.69 Å². The quantitative estimate of drug-likeness (QED) is 0.805. The Kier molecular flexibility index (Phi) is 5.00. The summed E-state index contributed by atoms with van der Waals surface area (Å²) in [5.74, 6) is -0.948. The molecule has 1 saturated heterocycles. The summed E-state index contributed by atoms with van der Waals surface area (Å²) in [5.41, 5.74) is 1.27. The Labute approximate surface area is 151 Å². The number of nitrogens with zero attached hydrogens (tertiary/aromatic N) is 3. The van der Waals surface area contributed by atoms with Crippen molar-refractivity contribution < 1.29 is 32.6 Å². The molecule has 0 spiro atoms. The second-order valence-electron chi connectivity index (χ2n) is 5.72. The molecule has 0 radical (unpaired) electrons. The van der Waals surface area contributed by atoms with Gasteiger partial charge in [-0.1, -0.05) is 0 Å². The van der Waals surface area contributed by atoms with Crippen LogP contribution < -0.4 is 9.64 Å². The molecule has 0 aliphatic carbocycles. The van der Waals surface area contributed by atoms with E-state index in [0.29, 0.717) is 11.3 Å². The van der Waals surface area contributed by atoms with Crippen LogP contribution in [0.5, 0.6) is 5.75 Å². The molecule has 2 aromatic rings. The Bertz CT molecular complexity index is 855. The SMILES string of the molecule is O=C1CN(Cc2ccnc(CO)c2)C(=O)N1c1ccc(OC(F)(F)F)cc1. The molecule has 1 aromatic carbocycles. The van der Waals surface area contributed by atoms with Crippen LogP contribution in [-0.2, 0) is 17.9 Å². The third-order valence-corrected chi connectivity index (χ3v) is 3.78. The first-order valence-electron chi connectivity index (χ1n) is 7.79. The van der Waals surface area contributed by atoms with Gasteiger partial charge in [-0.15, -0.1) is 13.2 Å². The number of hydrogen-bond donors (Lipinski definition) is 1. The summed E-state index contributed by atoms with van der Waals surface area (Å²) in [7, 11) is 0. The molecular weight excluding hydrogens is 367 g/mol. The molecule has 1 N–H and O–H groups in total. The van der Waals surface area contributed by atoms with Crippen LogP contribution in [0.3, 0.4) is 0 Å². The van der Waals surface area contributed by atoms with Gasteiger partial charge >= 0.3 is 12.4 Å². The lowest BCUT2D eigenvalue weighted by Gasteiger charge is -2.18. The van der Waals surface area contributed by atoms with Crippen LogP contribution in [0, 0.1) is 0 Å². The smallest absolute Gasteiger partial charge is 0.406 e. The van der Waals surface area contributed by atoms with Gasteiger partial charge in [0.15, 0.2) is 0 Å². The molecule has 10 heteroatoms. The lowest BCUT2D eigenvalue weighted by Crippen LogP contribution is -2.32. The monoisotopic (exact) mass is 381 g/mol. The van der Waals surface area contributed by atoms with Gasteiger partial charge < -0.3 is 14.7 Å². The summed E-state index contributed by atoms with van der Waals surface area (Å²) in [6, 6.07) is 7.15. The number of halogens is 3. The normalized spacial score (nSPS) is 14.8. The first-order chi connectivity index (χ1) is 12.8. The minimum Gasteiger partial charge on any atom is -0.406 e. The van der Waals surface area contributed by atoms with Gasteiger partial charge in [0.1, 0.15) is 12.3 Å². The van der Waals surface area contributed by atoms with Crippen LogP contribution in [0.1, 0.15) is 11.3 Å². The number of pyridine rings is 1. The molecule has 0 saturated carbocycles. The van der Waals surface area contributed by atoms with E-state index in [1.54, 1.807) is 12.1 Å². The molecule has 7 nitrogen and oxygen atoms in total. The zero-order chi connectivity index (χ0) is 19.6. The Morgan fingerprint density at radius 3 is 2.48 bits per heavy atom. The second-order valence-corrected chi connectivity index (χ2v) is 5.72. The van der Waals surface area contributed by atoms with E-state index in [9.17, 15) is 22.8 Å². The molecule has 27 heavy (non-hydrogen) atoms. The standard InChI is InChI=1S/C17H14F3N3O4/c18-17(19,20)27-14-3-1-13(2-4-14)23-15(25)9-22(16(23)26)8-11-5-6-21-12(7-11)10-24/h1-7,24H,8-10H2. The summed E-state index contributed by atoms with van der Waals surface area (Å²) >= 11 is 0. The van der Waals surface area contributed by atoms with Gasteiger partial charge in [0.05, 0.1) is 18.0 Å². The zero-order valence-corrected chi connectivity index (χ0v) is 13.8. The number of aliphatic hydroxyl groups is 1. The maximum absolute atomic E-state index is 12.5. The summed E-state index contributed by atoms with van der Waals surface area (Å²) in [6.45, 7) is -0.290. The van der Waals surface area contributed by atoms with Crippen LogP contribution in [0.15, 0.2) is 42.6 Å². The van der Waals surface area contributed by atoms with Crippen LogP contribution in [0.25, 0.3) is 0 Å². The number of benzene rings is 1. The van der Waals surface area contributed by atoms with Crippen molar-refractivity contribution in [2.45, 2.75) is 19.5 Å². The van der Waals surface area contributed by atoms with E-state index in [-0.39, 0.29) is 25.4 Å². The minimum absolute atomic E-state index is 0.131. The van der Waals surface area contributed by atoms with Crippen molar-refractivity contribution in [2.75, 3.05) is 11.4 Å². The highest BCUT2D eigenvalue weighted by atomic mass is 19.4. The molecule has 2 heterocycles. The van der Waals surface area contributed by atoms with Crippen molar-refractivity contribution in [3.63, 3.8) is 0 Å². The van der Waals surface area contributed by atoms with Gasteiger partial charge in [0, 0.05) is 12.7 Å². The highest BCUT2D eigenvalue weighted by Crippen LogP contribution is 2.28. The lowest BCUT2D eigenvalue weighted by atomic mass is 10.2. The Hall–Kier alpha value is -3.14. The number of alkyl halides is 3.